The summed E-state index contributed by atoms with van der Waals surface area (Å²) in [5.41, 5.74) is 1.10. The van der Waals surface area contributed by atoms with E-state index in [1.165, 1.54) is 6.92 Å². The van der Waals surface area contributed by atoms with Gasteiger partial charge in [-0.3, -0.25) is 9.59 Å². The molecule has 1 rings (SSSR count). The van der Waals surface area contributed by atoms with Crippen LogP contribution in [0.3, 0.4) is 0 Å². The highest BCUT2D eigenvalue weighted by molar-refractivity contribution is 5.92. The average molecular weight is 267 g/mol. The quantitative estimate of drug-likeness (QED) is 0.535. The van der Waals surface area contributed by atoms with Crippen LogP contribution in [0.15, 0.2) is 6.20 Å². The molecule has 0 spiro atoms. The summed E-state index contributed by atoms with van der Waals surface area (Å²) in [6.07, 6.45) is 1.53. The standard InChI is InChI=1S/C12H17N3O4/c1-7-6-15-9(11(7)12(18)19)5-10(17)14-4-3-13-8(2)16/h6,15H,3-5H2,1-2H3,(H,13,16)(H,14,17)(H,18,19). The van der Waals surface area contributed by atoms with Crippen molar-refractivity contribution in [2.24, 2.45) is 0 Å². The first-order valence-corrected chi connectivity index (χ1v) is 5.83. The van der Waals surface area contributed by atoms with E-state index in [4.69, 9.17) is 5.11 Å². The second-order valence-corrected chi connectivity index (χ2v) is 4.14. The maximum Gasteiger partial charge on any atom is 0.337 e. The van der Waals surface area contributed by atoms with Crippen molar-refractivity contribution in [1.29, 1.82) is 0 Å². The van der Waals surface area contributed by atoms with Gasteiger partial charge in [0.05, 0.1) is 12.0 Å². The van der Waals surface area contributed by atoms with Gasteiger partial charge in [0.1, 0.15) is 0 Å². The maximum absolute atomic E-state index is 11.6. The summed E-state index contributed by atoms with van der Waals surface area (Å²) < 4.78 is 0. The fraction of sp³-hybridized carbons (Fsp3) is 0.417. The summed E-state index contributed by atoms with van der Waals surface area (Å²) in [5, 5.41) is 14.2. The molecule has 0 saturated carbocycles. The van der Waals surface area contributed by atoms with Gasteiger partial charge in [-0.2, -0.15) is 0 Å². The monoisotopic (exact) mass is 267 g/mol. The van der Waals surface area contributed by atoms with Crippen LogP contribution in [0, 0.1) is 6.92 Å². The van der Waals surface area contributed by atoms with Gasteiger partial charge in [0.15, 0.2) is 0 Å². The molecule has 1 aromatic rings. The Hall–Kier alpha value is -2.31. The van der Waals surface area contributed by atoms with Crippen molar-refractivity contribution < 1.29 is 19.5 Å². The third-order valence-electron chi connectivity index (χ3n) is 2.53. The molecule has 0 saturated heterocycles. The zero-order valence-electron chi connectivity index (χ0n) is 10.9. The van der Waals surface area contributed by atoms with E-state index in [2.05, 4.69) is 15.6 Å². The number of rotatable bonds is 6. The molecule has 0 radical (unpaired) electrons. The molecule has 7 nitrogen and oxygen atoms in total. The number of carboxylic acid groups (broad SMARTS) is 1. The fourth-order valence-electron chi connectivity index (χ4n) is 1.68. The third kappa shape index (κ3) is 4.46. The van der Waals surface area contributed by atoms with Crippen molar-refractivity contribution in [3.8, 4) is 0 Å². The first-order valence-electron chi connectivity index (χ1n) is 5.83. The molecule has 104 valence electrons. The number of hydrogen-bond donors (Lipinski definition) is 4. The smallest absolute Gasteiger partial charge is 0.337 e. The molecule has 2 amide bonds. The topological polar surface area (TPSA) is 111 Å². The van der Waals surface area contributed by atoms with Crippen LogP contribution in [-0.4, -0.2) is 41.0 Å². The van der Waals surface area contributed by atoms with Gasteiger partial charge in [0.2, 0.25) is 11.8 Å². The van der Waals surface area contributed by atoms with E-state index in [-0.39, 0.29) is 23.8 Å². The van der Waals surface area contributed by atoms with E-state index in [0.29, 0.717) is 24.3 Å². The van der Waals surface area contributed by atoms with E-state index in [1.54, 1.807) is 13.1 Å². The molecule has 7 heteroatoms. The molecular weight excluding hydrogens is 250 g/mol. The van der Waals surface area contributed by atoms with Crippen molar-refractivity contribution in [1.82, 2.24) is 15.6 Å². The van der Waals surface area contributed by atoms with Crippen LogP contribution in [0.5, 0.6) is 0 Å². The Balaban J connectivity index is 2.49. The zero-order valence-corrected chi connectivity index (χ0v) is 10.9. The van der Waals surface area contributed by atoms with Crippen LogP contribution < -0.4 is 10.6 Å². The number of carboxylic acids is 1. The summed E-state index contributed by atoms with van der Waals surface area (Å²) in [5.74, 6) is -1.52. The Kier molecular flexibility index (Phi) is 5.11. The van der Waals surface area contributed by atoms with Crippen molar-refractivity contribution in [2.45, 2.75) is 20.3 Å². The molecular formula is C12H17N3O4. The Morgan fingerprint density at radius 3 is 2.47 bits per heavy atom. The lowest BCUT2D eigenvalue weighted by Gasteiger charge is -2.05. The van der Waals surface area contributed by atoms with Gasteiger partial charge in [-0.05, 0) is 12.5 Å². The highest BCUT2D eigenvalue weighted by Gasteiger charge is 2.17. The van der Waals surface area contributed by atoms with Crippen LogP contribution >= 0.6 is 0 Å². The fourth-order valence-corrected chi connectivity index (χ4v) is 1.68. The minimum atomic E-state index is -1.06. The molecule has 0 aliphatic carbocycles. The lowest BCUT2D eigenvalue weighted by molar-refractivity contribution is -0.121. The Morgan fingerprint density at radius 2 is 1.89 bits per heavy atom. The molecule has 4 N–H and O–H groups in total. The van der Waals surface area contributed by atoms with Crippen LogP contribution in [0.1, 0.15) is 28.5 Å². The minimum absolute atomic E-state index is 0.0322. The molecule has 0 bridgehead atoms. The summed E-state index contributed by atoms with van der Waals surface area (Å²) in [7, 11) is 0. The van der Waals surface area contributed by atoms with Gasteiger partial charge < -0.3 is 20.7 Å². The average Bonchev–Trinajstić information content (AvgIpc) is 2.65. The number of aromatic nitrogens is 1. The van der Waals surface area contributed by atoms with Crippen LogP contribution in [0.4, 0.5) is 0 Å². The molecule has 0 aliphatic heterocycles. The van der Waals surface area contributed by atoms with Gasteiger partial charge in [0, 0.05) is 31.9 Å². The molecule has 0 aliphatic rings. The normalized spacial score (nSPS) is 10.0. The number of carbonyl (C=O) groups is 3. The maximum atomic E-state index is 11.6. The number of H-pyrrole nitrogens is 1. The summed E-state index contributed by atoms with van der Waals surface area (Å²) in [6.45, 7) is 3.71. The van der Waals surface area contributed by atoms with Crippen LogP contribution in [0.25, 0.3) is 0 Å². The highest BCUT2D eigenvalue weighted by atomic mass is 16.4. The molecule has 19 heavy (non-hydrogen) atoms. The number of carbonyl (C=O) groups excluding carboxylic acids is 2. The molecule has 1 aromatic heterocycles. The molecule has 0 fully saturated rings. The first-order chi connectivity index (χ1) is 8.91. The van der Waals surface area contributed by atoms with Crippen LogP contribution in [0.2, 0.25) is 0 Å². The number of aromatic carboxylic acids is 1. The van der Waals surface area contributed by atoms with E-state index in [1.807, 2.05) is 0 Å². The Labute approximate surface area is 110 Å². The van der Waals surface area contributed by atoms with E-state index in [9.17, 15) is 14.4 Å². The van der Waals surface area contributed by atoms with Crippen molar-refractivity contribution in [3.63, 3.8) is 0 Å². The number of aryl methyl sites for hydroxylation is 1. The first kappa shape index (κ1) is 14.7. The predicted molar refractivity (Wildman–Crippen MR) is 67.9 cm³/mol. The van der Waals surface area contributed by atoms with Gasteiger partial charge in [-0.1, -0.05) is 0 Å². The number of aromatic amines is 1. The lowest BCUT2D eigenvalue weighted by Crippen LogP contribution is -2.34. The summed E-state index contributed by atoms with van der Waals surface area (Å²) >= 11 is 0. The number of nitrogens with one attached hydrogen (secondary N) is 3. The second kappa shape index (κ2) is 6.58. The second-order valence-electron chi connectivity index (χ2n) is 4.14. The SMILES string of the molecule is CC(=O)NCCNC(=O)Cc1[nH]cc(C)c1C(=O)O. The predicted octanol–water partition coefficient (Wildman–Crippen LogP) is -0.184. The summed E-state index contributed by atoms with van der Waals surface area (Å²) in [4.78, 5) is 36.0. The minimum Gasteiger partial charge on any atom is -0.478 e. The van der Waals surface area contributed by atoms with Gasteiger partial charge in [-0.25, -0.2) is 4.79 Å². The van der Waals surface area contributed by atoms with Gasteiger partial charge >= 0.3 is 5.97 Å². The van der Waals surface area contributed by atoms with Gasteiger partial charge in [-0.15, -0.1) is 0 Å². The number of hydrogen-bond acceptors (Lipinski definition) is 3. The molecule has 0 aromatic carbocycles. The van der Waals surface area contributed by atoms with Crippen molar-refractivity contribution >= 4 is 17.8 Å². The molecule has 1 heterocycles. The Morgan fingerprint density at radius 1 is 1.26 bits per heavy atom. The van der Waals surface area contributed by atoms with E-state index >= 15 is 0 Å². The zero-order chi connectivity index (χ0) is 14.4. The van der Waals surface area contributed by atoms with Crippen LogP contribution in [-0.2, 0) is 16.0 Å². The van der Waals surface area contributed by atoms with Gasteiger partial charge in [0.25, 0.3) is 0 Å². The number of amides is 2. The Bertz CT molecular complexity index is 493. The van der Waals surface area contributed by atoms with E-state index < -0.39 is 5.97 Å². The highest BCUT2D eigenvalue weighted by Crippen LogP contribution is 2.13. The van der Waals surface area contributed by atoms with Crippen molar-refractivity contribution in [2.75, 3.05) is 13.1 Å². The molecule has 0 atom stereocenters. The summed E-state index contributed by atoms with van der Waals surface area (Å²) in [6, 6.07) is 0. The lowest BCUT2D eigenvalue weighted by atomic mass is 10.1. The van der Waals surface area contributed by atoms with E-state index in [0.717, 1.165) is 0 Å². The largest absolute Gasteiger partial charge is 0.478 e. The third-order valence-corrected chi connectivity index (χ3v) is 2.53. The van der Waals surface area contributed by atoms with Crippen molar-refractivity contribution in [3.05, 3.63) is 23.0 Å². The molecule has 0 unspecified atom stereocenters.